The molecule has 29 heavy (non-hydrogen) atoms. The van der Waals surface area contributed by atoms with Crippen LogP contribution in [0, 0.1) is 6.92 Å². The number of thiazole rings is 1. The molecule has 11 heteroatoms. The van der Waals surface area contributed by atoms with Gasteiger partial charge >= 0.3 is 5.97 Å². The van der Waals surface area contributed by atoms with Crippen molar-refractivity contribution in [3.63, 3.8) is 0 Å². The fourth-order valence-electron chi connectivity index (χ4n) is 2.50. The van der Waals surface area contributed by atoms with E-state index in [0.717, 1.165) is 29.1 Å². The summed E-state index contributed by atoms with van der Waals surface area (Å²) in [5.74, 6) is 0.276. The summed E-state index contributed by atoms with van der Waals surface area (Å²) in [7, 11) is 1.88. The Labute approximate surface area is 180 Å². The lowest BCUT2D eigenvalue weighted by Gasteiger charge is -2.03. The minimum absolute atomic E-state index is 0.156. The summed E-state index contributed by atoms with van der Waals surface area (Å²) in [6, 6.07) is 2.11. The summed E-state index contributed by atoms with van der Waals surface area (Å²) in [6.45, 7) is 5.86. The summed E-state index contributed by atoms with van der Waals surface area (Å²) in [6.07, 6.45) is 0.985. The van der Waals surface area contributed by atoms with Crippen molar-refractivity contribution in [2.75, 3.05) is 17.7 Å². The summed E-state index contributed by atoms with van der Waals surface area (Å²) >= 11 is 4.10. The van der Waals surface area contributed by atoms with Gasteiger partial charge in [0.05, 0.1) is 18.1 Å². The maximum atomic E-state index is 12.3. The Balaban J connectivity index is 1.60. The third kappa shape index (κ3) is 5.03. The summed E-state index contributed by atoms with van der Waals surface area (Å²) in [5, 5.41) is 14.3. The van der Waals surface area contributed by atoms with E-state index in [1.54, 1.807) is 25.2 Å². The number of thiophene rings is 1. The van der Waals surface area contributed by atoms with Gasteiger partial charge < -0.3 is 14.6 Å². The van der Waals surface area contributed by atoms with E-state index in [9.17, 15) is 9.59 Å². The van der Waals surface area contributed by atoms with Gasteiger partial charge in [-0.25, -0.2) is 9.78 Å². The molecule has 154 valence electrons. The molecule has 0 saturated heterocycles. The van der Waals surface area contributed by atoms with E-state index in [-0.39, 0.29) is 11.7 Å². The largest absolute Gasteiger partial charge is 0.462 e. The van der Waals surface area contributed by atoms with E-state index in [0.29, 0.717) is 27.5 Å². The van der Waals surface area contributed by atoms with Crippen molar-refractivity contribution in [3.05, 3.63) is 26.9 Å². The first kappa shape index (κ1) is 21.5. The molecule has 0 aliphatic rings. The van der Waals surface area contributed by atoms with Gasteiger partial charge in [-0.15, -0.1) is 21.5 Å². The molecule has 0 spiro atoms. The Hall–Kier alpha value is -2.24. The number of esters is 1. The van der Waals surface area contributed by atoms with Crippen LogP contribution in [0.4, 0.5) is 5.13 Å². The van der Waals surface area contributed by atoms with Crippen LogP contribution >= 0.6 is 34.4 Å². The Morgan fingerprint density at radius 2 is 2.10 bits per heavy atom. The lowest BCUT2D eigenvalue weighted by Crippen LogP contribution is -2.14. The molecule has 0 atom stereocenters. The minimum atomic E-state index is -0.427. The van der Waals surface area contributed by atoms with Crippen LogP contribution in [0.1, 0.15) is 34.1 Å². The Morgan fingerprint density at radius 1 is 1.31 bits per heavy atom. The molecule has 8 nitrogen and oxygen atoms in total. The molecule has 0 bridgehead atoms. The van der Waals surface area contributed by atoms with Crippen LogP contribution in [0.15, 0.2) is 16.6 Å². The number of ether oxygens (including phenoxy) is 1. The zero-order valence-electron chi connectivity index (χ0n) is 16.5. The molecule has 0 aromatic carbocycles. The highest BCUT2D eigenvalue weighted by Crippen LogP contribution is 2.28. The van der Waals surface area contributed by atoms with Crippen LogP contribution < -0.4 is 5.32 Å². The molecule has 0 unspecified atom stereocenters. The Morgan fingerprint density at radius 3 is 2.79 bits per heavy atom. The van der Waals surface area contributed by atoms with E-state index >= 15 is 0 Å². The van der Waals surface area contributed by atoms with Gasteiger partial charge in [0, 0.05) is 22.9 Å². The van der Waals surface area contributed by atoms with Crippen LogP contribution in [-0.2, 0) is 23.0 Å². The standard InChI is InChI=1S/C18H21N5O3S3/c1-5-12-7-11(8-27-12)15-21-22-18(23(15)4)28-9-13(24)20-17-19-10(3)14(29-17)16(25)26-6-2/h7-8H,5-6,9H2,1-4H3,(H,19,20,24). The number of carbonyl (C=O) groups excluding carboxylic acids is 2. The van der Waals surface area contributed by atoms with Crippen molar-refractivity contribution in [3.8, 4) is 11.4 Å². The fraction of sp³-hybridized carbons (Fsp3) is 0.389. The minimum Gasteiger partial charge on any atom is -0.462 e. The monoisotopic (exact) mass is 451 g/mol. The number of nitrogens with one attached hydrogen (secondary N) is 1. The van der Waals surface area contributed by atoms with Crippen molar-refractivity contribution in [1.82, 2.24) is 19.7 Å². The molecule has 0 aliphatic heterocycles. The van der Waals surface area contributed by atoms with Crippen LogP contribution in [0.25, 0.3) is 11.4 Å². The zero-order valence-corrected chi connectivity index (χ0v) is 19.0. The van der Waals surface area contributed by atoms with Gasteiger partial charge in [0.15, 0.2) is 16.1 Å². The Kier molecular flexibility index (Phi) is 7.04. The predicted octanol–water partition coefficient (Wildman–Crippen LogP) is 3.78. The molecule has 3 aromatic rings. The number of nitrogens with zero attached hydrogens (tertiary/aromatic N) is 4. The summed E-state index contributed by atoms with van der Waals surface area (Å²) in [5.41, 5.74) is 1.57. The van der Waals surface area contributed by atoms with Crippen molar-refractivity contribution in [1.29, 1.82) is 0 Å². The first-order valence-corrected chi connectivity index (χ1v) is 11.6. The Bertz CT molecular complexity index is 1020. The first-order valence-electron chi connectivity index (χ1n) is 8.97. The number of anilines is 1. The average molecular weight is 452 g/mol. The van der Waals surface area contributed by atoms with Gasteiger partial charge in [-0.05, 0) is 26.3 Å². The first-order chi connectivity index (χ1) is 13.9. The molecule has 0 aliphatic carbocycles. The molecule has 3 heterocycles. The van der Waals surface area contributed by atoms with Gasteiger partial charge in [0.2, 0.25) is 5.91 Å². The van der Waals surface area contributed by atoms with E-state index in [1.807, 2.05) is 11.6 Å². The lowest BCUT2D eigenvalue weighted by atomic mass is 10.2. The summed E-state index contributed by atoms with van der Waals surface area (Å²) < 4.78 is 6.87. The number of hydrogen-bond acceptors (Lipinski definition) is 9. The number of amides is 1. The summed E-state index contributed by atoms with van der Waals surface area (Å²) in [4.78, 5) is 30.1. The van der Waals surface area contributed by atoms with Crippen LogP contribution in [0.5, 0.6) is 0 Å². The third-order valence-electron chi connectivity index (χ3n) is 3.93. The smallest absolute Gasteiger partial charge is 0.350 e. The third-order valence-corrected chi connectivity index (χ3v) is 7.09. The molecular formula is C18H21N5O3S3. The molecular weight excluding hydrogens is 430 g/mol. The van der Waals surface area contributed by atoms with Gasteiger partial charge in [0.25, 0.3) is 0 Å². The van der Waals surface area contributed by atoms with E-state index in [1.165, 1.54) is 16.6 Å². The molecule has 0 fully saturated rings. The second-order valence-corrected chi connectivity index (χ2v) is 8.95. The van der Waals surface area contributed by atoms with Crippen molar-refractivity contribution < 1.29 is 14.3 Å². The fourth-order valence-corrected chi connectivity index (χ4v) is 4.90. The van der Waals surface area contributed by atoms with Gasteiger partial charge in [-0.2, -0.15) is 0 Å². The van der Waals surface area contributed by atoms with Gasteiger partial charge in [-0.1, -0.05) is 30.0 Å². The number of aromatic nitrogens is 4. The van der Waals surface area contributed by atoms with Crippen LogP contribution in [0.3, 0.4) is 0 Å². The number of carbonyl (C=O) groups is 2. The second-order valence-electron chi connectivity index (χ2n) is 6.01. The zero-order chi connectivity index (χ0) is 21.0. The highest BCUT2D eigenvalue weighted by atomic mass is 32.2. The molecule has 1 N–H and O–H groups in total. The van der Waals surface area contributed by atoms with E-state index in [2.05, 4.69) is 38.9 Å². The van der Waals surface area contributed by atoms with Crippen molar-refractivity contribution in [2.45, 2.75) is 32.3 Å². The van der Waals surface area contributed by atoms with Crippen LogP contribution in [0.2, 0.25) is 0 Å². The second kappa shape index (κ2) is 9.51. The van der Waals surface area contributed by atoms with Gasteiger partial charge in [-0.3, -0.25) is 4.79 Å². The quantitative estimate of drug-likeness (QED) is 0.411. The van der Waals surface area contributed by atoms with E-state index in [4.69, 9.17) is 4.74 Å². The molecule has 1 amide bonds. The van der Waals surface area contributed by atoms with Crippen LogP contribution in [-0.4, -0.2) is 44.0 Å². The lowest BCUT2D eigenvalue weighted by molar-refractivity contribution is -0.113. The maximum absolute atomic E-state index is 12.3. The van der Waals surface area contributed by atoms with Crippen molar-refractivity contribution >= 4 is 51.4 Å². The SMILES string of the molecule is CCOC(=O)c1sc(NC(=O)CSc2nnc(-c3csc(CC)c3)n2C)nc1C. The number of rotatable bonds is 8. The maximum Gasteiger partial charge on any atom is 0.350 e. The number of thioether (sulfide) groups is 1. The molecule has 3 aromatic heterocycles. The number of hydrogen-bond donors (Lipinski definition) is 1. The molecule has 0 saturated carbocycles. The van der Waals surface area contributed by atoms with Crippen molar-refractivity contribution in [2.24, 2.45) is 7.05 Å². The molecule has 3 rings (SSSR count). The predicted molar refractivity (Wildman–Crippen MR) is 116 cm³/mol. The molecule has 0 radical (unpaired) electrons. The highest BCUT2D eigenvalue weighted by Gasteiger charge is 2.18. The normalized spacial score (nSPS) is 10.9. The van der Waals surface area contributed by atoms with Gasteiger partial charge in [0.1, 0.15) is 4.88 Å². The number of aryl methyl sites for hydroxylation is 2. The topological polar surface area (TPSA) is 99.0 Å². The highest BCUT2D eigenvalue weighted by molar-refractivity contribution is 7.99. The average Bonchev–Trinajstić information content (AvgIpc) is 3.39. The van der Waals surface area contributed by atoms with E-state index < -0.39 is 5.97 Å².